The smallest absolute Gasteiger partial charge is 0.244 e. The number of hydrogen-bond donors (Lipinski definition) is 2. The molecule has 0 saturated carbocycles. The number of hydrogen-bond acceptors (Lipinski definition) is 5. The van der Waals surface area contributed by atoms with Crippen molar-refractivity contribution in [3.8, 4) is 11.5 Å². The number of fused-ring (bicyclic) bond motifs is 1. The van der Waals surface area contributed by atoms with Gasteiger partial charge in [0.2, 0.25) is 22.7 Å². The summed E-state index contributed by atoms with van der Waals surface area (Å²) in [7, 11) is -3.57. The van der Waals surface area contributed by atoms with E-state index in [1.807, 2.05) is 6.07 Å². The summed E-state index contributed by atoms with van der Waals surface area (Å²) in [4.78, 5) is 12.2. The van der Waals surface area contributed by atoms with Crippen molar-refractivity contribution in [2.24, 2.45) is 0 Å². The molecular weight excluding hydrogens is 380 g/mol. The van der Waals surface area contributed by atoms with Crippen LogP contribution in [0, 0.1) is 0 Å². The summed E-state index contributed by atoms with van der Waals surface area (Å²) in [5.74, 6) is 1.05. The average Bonchev–Trinajstić information content (AvgIpc) is 3.12. The summed E-state index contributed by atoms with van der Waals surface area (Å²) in [5.41, 5.74) is 1.50. The average molecular weight is 402 g/mol. The van der Waals surface area contributed by atoms with Crippen LogP contribution in [0.2, 0.25) is 0 Å². The molecule has 0 atom stereocenters. The number of carbonyl (C=O) groups excluding carboxylic acids is 1. The fraction of sp³-hybridized carbons (Fsp3) is 0.250. The molecule has 2 N–H and O–H groups in total. The molecule has 1 amide bonds. The third-order valence-electron chi connectivity index (χ3n) is 3.89. The molecule has 1 aliphatic rings. The van der Waals surface area contributed by atoms with E-state index in [1.54, 1.807) is 50.3 Å². The summed E-state index contributed by atoms with van der Waals surface area (Å²) in [6, 6.07) is 11.7. The lowest BCUT2D eigenvalue weighted by atomic mass is 10.2. The van der Waals surface area contributed by atoms with Gasteiger partial charge < -0.3 is 14.8 Å². The zero-order chi connectivity index (χ0) is 20.1. The van der Waals surface area contributed by atoms with Gasteiger partial charge in [0, 0.05) is 18.7 Å². The Morgan fingerprint density at radius 2 is 1.93 bits per heavy atom. The summed E-state index contributed by atoms with van der Waals surface area (Å²) in [6.45, 7) is 3.93. The molecule has 0 bridgehead atoms. The van der Waals surface area contributed by atoms with Crippen molar-refractivity contribution in [3.05, 3.63) is 59.7 Å². The monoisotopic (exact) mass is 402 g/mol. The standard InChI is InChI=1S/C20H22N2O5S/c1-14(2)22-28(24,25)17-5-3-4-16(10-17)12-21-20(23)9-7-15-6-8-18-19(11-15)27-13-26-18/h3-11,14,22H,12-13H2,1-2H3,(H,21,23). The van der Waals surface area contributed by atoms with Crippen LogP contribution in [0.15, 0.2) is 53.4 Å². The van der Waals surface area contributed by atoms with Crippen molar-refractivity contribution in [3.63, 3.8) is 0 Å². The van der Waals surface area contributed by atoms with Gasteiger partial charge in [0.15, 0.2) is 11.5 Å². The van der Waals surface area contributed by atoms with Gasteiger partial charge in [-0.3, -0.25) is 4.79 Å². The molecule has 3 rings (SSSR count). The van der Waals surface area contributed by atoms with Crippen molar-refractivity contribution in [1.82, 2.24) is 10.0 Å². The Hall–Kier alpha value is -2.84. The van der Waals surface area contributed by atoms with E-state index in [0.717, 1.165) is 5.56 Å². The lowest BCUT2D eigenvalue weighted by molar-refractivity contribution is -0.116. The summed E-state index contributed by atoms with van der Waals surface area (Å²) in [5, 5.41) is 2.74. The van der Waals surface area contributed by atoms with E-state index in [0.29, 0.717) is 17.1 Å². The van der Waals surface area contributed by atoms with E-state index in [2.05, 4.69) is 10.0 Å². The first-order chi connectivity index (χ1) is 13.3. The molecule has 0 radical (unpaired) electrons. The van der Waals surface area contributed by atoms with Gasteiger partial charge in [-0.05, 0) is 55.3 Å². The third-order valence-corrected chi connectivity index (χ3v) is 5.55. The molecule has 28 heavy (non-hydrogen) atoms. The SMILES string of the molecule is CC(C)NS(=O)(=O)c1cccc(CNC(=O)C=Cc2ccc3c(c2)OCO3)c1. The Labute approximate surface area is 164 Å². The predicted molar refractivity (Wildman–Crippen MR) is 105 cm³/mol. The normalized spacial score (nSPS) is 13.2. The maximum absolute atomic E-state index is 12.2. The first-order valence-electron chi connectivity index (χ1n) is 8.80. The van der Waals surface area contributed by atoms with Crippen LogP contribution in [0.5, 0.6) is 11.5 Å². The molecule has 148 valence electrons. The van der Waals surface area contributed by atoms with Crippen molar-refractivity contribution >= 4 is 22.0 Å². The Balaban J connectivity index is 1.59. The molecule has 7 nitrogen and oxygen atoms in total. The largest absolute Gasteiger partial charge is 0.454 e. The Morgan fingerprint density at radius 1 is 1.14 bits per heavy atom. The Morgan fingerprint density at radius 3 is 2.71 bits per heavy atom. The summed E-state index contributed by atoms with van der Waals surface area (Å²) in [6.07, 6.45) is 3.09. The van der Waals surface area contributed by atoms with Crippen LogP contribution in [0.1, 0.15) is 25.0 Å². The lowest BCUT2D eigenvalue weighted by Crippen LogP contribution is -2.30. The van der Waals surface area contributed by atoms with Crippen LogP contribution in [0.3, 0.4) is 0 Å². The minimum absolute atomic E-state index is 0.170. The molecule has 0 saturated heterocycles. The van der Waals surface area contributed by atoms with Crippen molar-refractivity contribution in [1.29, 1.82) is 0 Å². The highest BCUT2D eigenvalue weighted by molar-refractivity contribution is 7.89. The van der Waals surface area contributed by atoms with Gasteiger partial charge in [-0.25, -0.2) is 13.1 Å². The minimum atomic E-state index is -3.57. The van der Waals surface area contributed by atoms with Crippen LogP contribution in [-0.2, 0) is 21.4 Å². The topological polar surface area (TPSA) is 93.7 Å². The maximum atomic E-state index is 12.2. The van der Waals surface area contributed by atoms with Gasteiger partial charge in [-0.2, -0.15) is 0 Å². The van der Waals surface area contributed by atoms with Crippen LogP contribution >= 0.6 is 0 Å². The first-order valence-corrected chi connectivity index (χ1v) is 10.3. The minimum Gasteiger partial charge on any atom is -0.454 e. The number of amides is 1. The molecule has 2 aromatic rings. The van der Waals surface area contributed by atoms with E-state index < -0.39 is 10.0 Å². The third kappa shape index (κ3) is 5.11. The van der Waals surface area contributed by atoms with Gasteiger partial charge in [0.25, 0.3) is 0 Å². The molecule has 0 unspecified atom stereocenters. The quantitative estimate of drug-likeness (QED) is 0.694. The van der Waals surface area contributed by atoms with Gasteiger partial charge in [0.1, 0.15) is 0 Å². The van der Waals surface area contributed by atoms with Crippen LogP contribution < -0.4 is 19.5 Å². The van der Waals surface area contributed by atoms with Crippen LogP contribution in [0.25, 0.3) is 6.08 Å². The summed E-state index contributed by atoms with van der Waals surface area (Å²) >= 11 is 0. The fourth-order valence-electron chi connectivity index (χ4n) is 2.64. The van der Waals surface area contributed by atoms with Crippen LogP contribution in [-0.4, -0.2) is 27.2 Å². The second kappa shape index (κ2) is 8.45. The van der Waals surface area contributed by atoms with E-state index in [9.17, 15) is 13.2 Å². The van der Waals surface area contributed by atoms with E-state index in [-0.39, 0.29) is 30.2 Å². The Bertz CT molecular complexity index is 999. The highest BCUT2D eigenvalue weighted by Crippen LogP contribution is 2.32. The zero-order valence-corrected chi connectivity index (χ0v) is 16.5. The number of sulfonamides is 1. The summed E-state index contributed by atoms with van der Waals surface area (Å²) < 4.78 is 37.6. The number of benzene rings is 2. The maximum Gasteiger partial charge on any atom is 0.244 e. The zero-order valence-electron chi connectivity index (χ0n) is 15.6. The van der Waals surface area contributed by atoms with Gasteiger partial charge in [0.05, 0.1) is 4.90 Å². The van der Waals surface area contributed by atoms with E-state index in [4.69, 9.17) is 9.47 Å². The second-order valence-electron chi connectivity index (χ2n) is 6.59. The number of ether oxygens (including phenoxy) is 2. The molecule has 0 fully saturated rings. The van der Waals surface area contributed by atoms with E-state index >= 15 is 0 Å². The second-order valence-corrected chi connectivity index (χ2v) is 8.30. The molecule has 2 aromatic carbocycles. The highest BCUT2D eigenvalue weighted by atomic mass is 32.2. The molecular formula is C20H22N2O5S. The van der Waals surface area contributed by atoms with Crippen molar-refractivity contribution < 1.29 is 22.7 Å². The van der Waals surface area contributed by atoms with Gasteiger partial charge >= 0.3 is 0 Å². The molecule has 0 aliphatic carbocycles. The highest BCUT2D eigenvalue weighted by Gasteiger charge is 2.15. The van der Waals surface area contributed by atoms with Crippen molar-refractivity contribution in [2.75, 3.05) is 6.79 Å². The molecule has 1 aliphatic heterocycles. The van der Waals surface area contributed by atoms with Gasteiger partial charge in [-0.1, -0.05) is 18.2 Å². The fourth-order valence-corrected chi connectivity index (χ4v) is 3.96. The predicted octanol–water partition coefficient (Wildman–Crippen LogP) is 2.43. The Kier molecular flexibility index (Phi) is 6.01. The molecule has 0 spiro atoms. The first kappa shape index (κ1) is 19.9. The van der Waals surface area contributed by atoms with E-state index in [1.165, 1.54) is 12.1 Å². The molecule has 0 aromatic heterocycles. The number of carbonyl (C=O) groups is 1. The van der Waals surface area contributed by atoms with Crippen molar-refractivity contribution in [2.45, 2.75) is 31.3 Å². The number of rotatable bonds is 7. The lowest BCUT2D eigenvalue weighted by Gasteiger charge is -2.11. The molecule has 8 heteroatoms. The number of nitrogens with one attached hydrogen (secondary N) is 2. The van der Waals surface area contributed by atoms with Crippen LogP contribution in [0.4, 0.5) is 0 Å². The van der Waals surface area contributed by atoms with Gasteiger partial charge in [-0.15, -0.1) is 0 Å². The molecule has 1 heterocycles.